The highest BCUT2D eigenvalue weighted by Crippen LogP contribution is 2.44. The number of nitrogens with zero attached hydrogens (tertiary/aromatic N) is 4. The van der Waals surface area contributed by atoms with Crippen LogP contribution < -0.4 is 15.8 Å². The number of nitrogens with one attached hydrogen (secondary N) is 1. The van der Waals surface area contributed by atoms with Crippen molar-refractivity contribution in [2.45, 2.75) is 44.7 Å². The van der Waals surface area contributed by atoms with Crippen LogP contribution in [-0.4, -0.2) is 54.2 Å². The Hall–Kier alpha value is -3.22. The van der Waals surface area contributed by atoms with Gasteiger partial charge < -0.3 is 14.8 Å². The molecule has 13 heteroatoms. The van der Waals surface area contributed by atoms with Gasteiger partial charge >= 0.3 is 0 Å². The standard InChI is InChI=1S/C25H27F4N5O3S/c1-14(16-4-3-5-17(19(16)27)22(28)29)30-23-18-12-34(25(13-26)6-7-25)24(35)21(20(18)31-15(2)32-23)33-8-10-38(36,37)11-9-33/h3-5,12,14,22H,6-11,13H2,1-2H3,(H,30,31,32)/t14-/m1/s1/i14D. The Bertz CT molecular complexity index is 1610. The van der Waals surface area contributed by atoms with Gasteiger partial charge in [-0.1, -0.05) is 18.2 Å². The van der Waals surface area contributed by atoms with Crippen molar-refractivity contribution >= 4 is 32.2 Å². The molecule has 8 nitrogen and oxygen atoms in total. The molecule has 38 heavy (non-hydrogen) atoms. The minimum Gasteiger partial charge on any atom is -0.363 e. The predicted octanol–water partition coefficient (Wildman–Crippen LogP) is 4.04. The van der Waals surface area contributed by atoms with Crippen LogP contribution in [-0.2, 0) is 15.4 Å². The maximum Gasteiger partial charge on any atom is 0.276 e. The molecule has 1 aliphatic carbocycles. The minimum atomic E-state index is -3.27. The Kier molecular flexibility index (Phi) is 6.28. The summed E-state index contributed by atoms with van der Waals surface area (Å²) in [5.74, 6) is -1.36. The molecule has 0 spiro atoms. The summed E-state index contributed by atoms with van der Waals surface area (Å²) in [7, 11) is -3.27. The summed E-state index contributed by atoms with van der Waals surface area (Å²) in [6.45, 7) is 2.09. The number of sulfone groups is 1. The summed E-state index contributed by atoms with van der Waals surface area (Å²) in [5.41, 5.74) is -2.52. The van der Waals surface area contributed by atoms with Crippen molar-refractivity contribution in [1.82, 2.24) is 14.5 Å². The highest BCUT2D eigenvalue weighted by Gasteiger charge is 2.46. The van der Waals surface area contributed by atoms with E-state index in [1.54, 1.807) is 11.8 Å². The van der Waals surface area contributed by atoms with Crippen molar-refractivity contribution < 1.29 is 27.4 Å². The van der Waals surface area contributed by atoms with Gasteiger partial charge in [-0.05, 0) is 26.7 Å². The molecule has 1 saturated carbocycles. The van der Waals surface area contributed by atoms with Gasteiger partial charge in [-0.2, -0.15) is 0 Å². The quantitative estimate of drug-likeness (QED) is 0.441. The zero-order valence-corrected chi connectivity index (χ0v) is 21.6. The molecule has 1 aliphatic heterocycles. The van der Waals surface area contributed by atoms with E-state index >= 15 is 0 Å². The van der Waals surface area contributed by atoms with E-state index in [-0.39, 0.29) is 58.4 Å². The Morgan fingerprint density at radius 2 is 1.84 bits per heavy atom. The second kappa shape index (κ2) is 9.51. The smallest absolute Gasteiger partial charge is 0.276 e. The van der Waals surface area contributed by atoms with Crippen LogP contribution in [0.5, 0.6) is 0 Å². The molecular weight excluding hydrogens is 526 g/mol. The van der Waals surface area contributed by atoms with Gasteiger partial charge in [0.1, 0.15) is 35.3 Å². The number of aromatic nitrogens is 3. The number of aryl methyl sites for hydroxylation is 1. The number of benzene rings is 1. The fraction of sp³-hybridized carbons (Fsp3) is 0.480. The van der Waals surface area contributed by atoms with Crippen LogP contribution in [0.2, 0.25) is 0 Å². The summed E-state index contributed by atoms with van der Waals surface area (Å²) >= 11 is 0. The average molecular weight is 555 g/mol. The van der Waals surface area contributed by atoms with Crippen LogP contribution in [0.4, 0.5) is 29.1 Å². The second-order valence-electron chi connectivity index (χ2n) is 9.79. The lowest BCUT2D eigenvalue weighted by Crippen LogP contribution is -2.44. The van der Waals surface area contributed by atoms with Gasteiger partial charge in [0.15, 0.2) is 9.84 Å². The number of alkyl halides is 3. The Balaban J connectivity index is 1.70. The van der Waals surface area contributed by atoms with Crippen LogP contribution in [0, 0.1) is 12.7 Å². The van der Waals surface area contributed by atoms with E-state index in [2.05, 4.69) is 15.3 Å². The zero-order valence-electron chi connectivity index (χ0n) is 21.8. The van der Waals surface area contributed by atoms with Gasteiger partial charge in [0.25, 0.3) is 12.0 Å². The normalized spacial score (nSPS) is 20.3. The van der Waals surface area contributed by atoms with Crippen LogP contribution >= 0.6 is 0 Å². The zero-order chi connectivity index (χ0) is 28.3. The molecule has 2 aromatic heterocycles. The summed E-state index contributed by atoms with van der Waals surface area (Å²) in [5, 5.41) is 3.04. The second-order valence-corrected chi connectivity index (χ2v) is 12.1. The first kappa shape index (κ1) is 25.1. The largest absolute Gasteiger partial charge is 0.363 e. The topological polar surface area (TPSA) is 97.2 Å². The van der Waals surface area contributed by atoms with Crippen molar-refractivity contribution in [3.63, 3.8) is 0 Å². The first-order valence-corrected chi connectivity index (χ1v) is 13.9. The van der Waals surface area contributed by atoms with Crippen LogP contribution in [0.3, 0.4) is 0 Å². The molecule has 0 radical (unpaired) electrons. The number of hydrogen-bond acceptors (Lipinski definition) is 7. The van der Waals surface area contributed by atoms with E-state index in [0.717, 1.165) is 6.07 Å². The van der Waals surface area contributed by atoms with E-state index in [1.165, 1.54) is 29.8 Å². The molecule has 2 aliphatic rings. The monoisotopic (exact) mass is 554 g/mol. The molecule has 5 rings (SSSR count). The molecule has 1 N–H and O–H groups in total. The molecule has 3 heterocycles. The van der Waals surface area contributed by atoms with Gasteiger partial charge in [0.2, 0.25) is 0 Å². The fourth-order valence-corrected chi connectivity index (χ4v) is 5.99. The first-order chi connectivity index (χ1) is 18.3. The van der Waals surface area contributed by atoms with Gasteiger partial charge in [-0.15, -0.1) is 0 Å². The molecule has 2 fully saturated rings. The summed E-state index contributed by atoms with van der Waals surface area (Å²) < 4.78 is 90.0. The molecule has 0 unspecified atom stereocenters. The van der Waals surface area contributed by atoms with E-state index in [1.807, 2.05) is 0 Å². The van der Waals surface area contributed by atoms with Gasteiger partial charge in [0, 0.05) is 24.8 Å². The number of fused-ring (bicyclic) bond motifs is 1. The highest BCUT2D eigenvalue weighted by atomic mass is 32.2. The summed E-state index contributed by atoms with van der Waals surface area (Å²) in [6, 6.07) is 1.41. The van der Waals surface area contributed by atoms with Crippen molar-refractivity contribution in [1.29, 1.82) is 0 Å². The molecule has 3 aromatic rings. The lowest BCUT2D eigenvalue weighted by atomic mass is 10.0. The molecular formula is C25H27F4N5O3S. The predicted molar refractivity (Wildman–Crippen MR) is 136 cm³/mol. The summed E-state index contributed by atoms with van der Waals surface area (Å²) in [6.07, 6.45) is -0.846. The number of pyridine rings is 1. The van der Waals surface area contributed by atoms with E-state index in [0.29, 0.717) is 12.8 Å². The Morgan fingerprint density at radius 1 is 1.18 bits per heavy atom. The number of rotatable bonds is 7. The maximum atomic E-state index is 15.0. The number of hydrogen-bond donors (Lipinski definition) is 1. The molecule has 0 amide bonds. The van der Waals surface area contributed by atoms with Crippen molar-refractivity contribution in [3.05, 3.63) is 57.5 Å². The van der Waals surface area contributed by atoms with Gasteiger partial charge in [-0.25, -0.2) is 35.9 Å². The number of anilines is 2. The van der Waals surface area contributed by atoms with Crippen LogP contribution in [0.25, 0.3) is 10.9 Å². The molecule has 1 saturated heterocycles. The van der Waals surface area contributed by atoms with Gasteiger partial charge in [-0.3, -0.25) is 4.79 Å². The van der Waals surface area contributed by atoms with E-state index in [9.17, 15) is 30.8 Å². The van der Waals surface area contributed by atoms with Crippen molar-refractivity contribution in [2.75, 3.05) is 41.5 Å². The van der Waals surface area contributed by atoms with E-state index < -0.39 is 51.4 Å². The number of halogens is 4. The third-order valence-electron chi connectivity index (χ3n) is 7.18. The highest BCUT2D eigenvalue weighted by molar-refractivity contribution is 7.91. The third-order valence-corrected chi connectivity index (χ3v) is 8.79. The summed E-state index contributed by atoms with van der Waals surface area (Å²) in [4.78, 5) is 24.2. The van der Waals surface area contributed by atoms with Gasteiger partial charge in [0.05, 0.1) is 35.4 Å². The lowest BCUT2D eigenvalue weighted by molar-refractivity contribution is 0.146. The molecule has 0 bridgehead atoms. The average Bonchev–Trinajstić information content (AvgIpc) is 3.65. The van der Waals surface area contributed by atoms with Crippen molar-refractivity contribution in [2.24, 2.45) is 0 Å². The fourth-order valence-electron chi connectivity index (χ4n) is 4.79. The molecule has 1 atom stereocenters. The van der Waals surface area contributed by atoms with Crippen LogP contribution in [0.1, 0.15) is 50.5 Å². The Morgan fingerprint density at radius 3 is 2.45 bits per heavy atom. The van der Waals surface area contributed by atoms with Crippen molar-refractivity contribution in [3.8, 4) is 0 Å². The maximum absolute atomic E-state index is 15.0. The lowest BCUT2D eigenvalue weighted by Gasteiger charge is -2.30. The van der Waals surface area contributed by atoms with Crippen LogP contribution in [0.15, 0.2) is 29.2 Å². The Labute approximate surface area is 218 Å². The first-order valence-electron chi connectivity index (χ1n) is 12.6. The SMILES string of the molecule is [2H][C@](C)(Nc1nc(C)nc2c(N3CCS(=O)(=O)CC3)c(=O)n(C3(CF)CC3)cc12)c1cccc(C(F)F)c1F. The molecule has 204 valence electrons. The third kappa shape index (κ3) is 4.61. The molecule has 1 aromatic carbocycles. The minimum absolute atomic E-state index is 0.0196. The van der Waals surface area contributed by atoms with E-state index in [4.69, 9.17) is 1.37 Å².